The van der Waals surface area contributed by atoms with Crippen molar-refractivity contribution < 1.29 is 27.7 Å². The van der Waals surface area contributed by atoms with Gasteiger partial charge in [0.2, 0.25) is 0 Å². The second-order valence-electron chi connectivity index (χ2n) is 24.5. The average Bonchev–Trinajstić information content (AvgIpc) is 1.60. The number of halogens is 4. The van der Waals surface area contributed by atoms with E-state index in [1.54, 1.807) is 14.2 Å². The smallest absolute Gasteiger partial charge is 0.121 e. The first kappa shape index (κ1) is 71.2. The van der Waals surface area contributed by atoms with Crippen molar-refractivity contribution in [1.82, 2.24) is 48.3 Å². The van der Waals surface area contributed by atoms with Gasteiger partial charge in [0, 0.05) is 163 Å². The summed E-state index contributed by atoms with van der Waals surface area (Å²) in [5, 5.41) is 9.39. The largest absolute Gasteiger partial charge is 0.370 e. The van der Waals surface area contributed by atoms with Crippen molar-refractivity contribution in [1.29, 1.82) is 0 Å². The van der Waals surface area contributed by atoms with Crippen molar-refractivity contribution in [3.63, 3.8) is 0 Å². The summed E-state index contributed by atoms with van der Waals surface area (Å²) in [4.78, 5) is 34.1. The molecule has 5 fully saturated rings. The van der Waals surface area contributed by atoms with Gasteiger partial charge in [-0.25, -0.2) is 27.6 Å². The molecule has 0 bridgehead atoms. The molecule has 8 aliphatic rings. The minimum Gasteiger partial charge on any atom is -0.370 e. The Hall–Kier alpha value is -4.11. The predicted octanol–water partition coefficient (Wildman–Crippen LogP) is 16.2. The predicted molar refractivity (Wildman–Crippen MR) is 390 cm³/mol. The average molecular weight is 1460 g/mol. The number of hydrogen-bond acceptors (Lipinski definition) is 19. The lowest BCUT2D eigenvalue weighted by Gasteiger charge is -2.35. The molecule has 2 N–H and O–H groups in total. The zero-order valence-electron chi connectivity index (χ0n) is 52.9. The van der Waals surface area contributed by atoms with E-state index in [2.05, 4.69) is 134 Å². The van der Waals surface area contributed by atoms with Crippen LogP contribution in [0.3, 0.4) is 0 Å². The summed E-state index contributed by atoms with van der Waals surface area (Å²) < 4.78 is 22.9. The maximum Gasteiger partial charge on any atom is 0.121 e. The fourth-order valence-corrected chi connectivity index (χ4v) is 17.4. The highest BCUT2D eigenvalue weighted by Gasteiger charge is 2.39. The van der Waals surface area contributed by atoms with Crippen LogP contribution in [-0.4, -0.2) is 151 Å². The van der Waals surface area contributed by atoms with Crippen LogP contribution in [0.1, 0.15) is 144 Å². The number of fused-ring (bicyclic) bond motifs is 6. The number of piperidine rings is 3. The quantitative estimate of drug-likeness (QED) is 0.0463. The third-order valence-electron chi connectivity index (χ3n) is 19.1. The monoisotopic (exact) mass is 1450 g/mol. The third kappa shape index (κ3) is 17.3. The van der Waals surface area contributed by atoms with Crippen LogP contribution >= 0.6 is 87.4 Å². The maximum absolute atomic E-state index is 6.57. The molecule has 3 unspecified atom stereocenters. The SMILES string of the molecule is C.COOSN1CCC(C2c3ccc(Cl)cc3C(N3CCCNCC3)=Cc3cccnc32)CC1.COOSN1CCC(C2c3ccc(Cl)cc3C=C(Br)c3cccnc32)CC1.COOSN1CCC(C2c3ccc(Cl)cc3C=C(N3CCCNCC3)c3cccnc32)CC1. The standard InChI is InChI=1S/2C25H31ClN4O2S.C20H20BrClN2O2S.CH4/c1-31-32-33-30-13-7-18(8-14-30)24-21-6-5-20(26)16-19(21)17-23(22-4-2-10-28-25(22)24)29-12-3-9-27-11-15-29;1-31-32-33-30-13-7-18(8-14-30)24-21-6-5-20(26)17-22(21)23(29-12-3-9-27-11-15-29)16-19-4-2-10-28-25(19)24;1-25-26-27-24-9-6-13(7-10-24)19-16-5-4-15(22)11-14(16)12-18(21)17-3-2-8-23-20(17)19;/h2*2,4-6,10,16-18,24,27H,3,7-9,11-15H2,1H3;2-5,8,11-13,19H,6-7,9-10H2,1H3;1H4. The van der Waals surface area contributed by atoms with Crippen LogP contribution in [0.4, 0.5) is 0 Å². The van der Waals surface area contributed by atoms with E-state index in [9.17, 15) is 0 Å². The minimum absolute atomic E-state index is 0. The Labute approximate surface area is 592 Å². The molecule has 3 atom stereocenters. The maximum atomic E-state index is 6.57. The summed E-state index contributed by atoms with van der Waals surface area (Å²) in [6, 6.07) is 31.8. The molecule has 0 radical (unpaired) electrons. The highest BCUT2D eigenvalue weighted by atomic mass is 79.9. The van der Waals surface area contributed by atoms with Crippen molar-refractivity contribution in [2.24, 2.45) is 17.8 Å². The summed E-state index contributed by atoms with van der Waals surface area (Å²) in [7, 11) is 4.61. The summed E-state index contributed by atoms with van der Waals surface area (Å²) in [6.45, 7) is 13.9. The molecule has 3 aromatic heterocycles. The van der Waals surface area contributed by atoms with Gasteiger partial charge in [0.1, 0.15) is 36.7 Å². The molecule has 502 valence electrons. The minimum atomic E-state index is 0. The lowest BCUT2D eigenvalue weighted by Crippen LogP contribution is -2.32. The van der Waals surface area contributed by atoms with Gasteiger partial charge in [-0.1, -0.05) is 88.5 Å². The molecule has 94 heavy (non-hydrogen) atoms. The van der Waals surface area contributed by atoms with E-state index in [0.717, 1.165) is 179 Å². The lowest BCUT2D eigenvalue weighted by atomic mass is 9.76. The zero-order chi connectivity index (χ0) is 64.0. The van der Waals surface area contributed by atoms with Crippen LogP contribution in [0.2, 0.25) is 15.1 Å². The van der Waals surface area contributed by atoms with Crippen molar-refractivity contribution in [3.05, 3.63) is 192 Å². The van der Waals surface area contributed by atoms with Crippen LogP contribution in [0.25, 0.3) is 34.1 Å². The molecule has 5 aliphatic heterocycles. The van der Waals surface area contributed by atoms with Gasteiger partial charge in [0.05, 0.1) is 38.4 Å². The third-order valence-corrected chi connectivity index (χ3v) is 22.8. The molecule has 23 heteroatoms. The van der Waals surface area contributed by atoms with Gasteiger partial charge in [0.25, 0.3) is 0 Å². The Morgan fingerprint density at radius 3 is 1.34 bits per heavy atom. The van der Waals surface area contributed by atoms with Gasteiger partial charge in [-0.2, -0.15) is 0 Å². The fourth-order valence-electron chi connectivity index (χ4n) is 14.8. The van der Waals surface area contributed by atoms with E-state index in [4.69, 9.17) is 77.4 Å². The van der Waals surface area contributed by atoms with Crippen LogP contribution in [-0.2, 0) is 27.7 Å². The summed E-state index contributed by atoms with van der Waals surface area (Å²) >= 11 is 27.0. The van der Waals surface area contributed by atoms with Gasteiger partial charge < -0.3 is 20.4 Å². The number of pyridine rings is 3. The van der Waals surface area contributed by atoms with Gasteiger partial charge in [-0.15, -0.1) is 13.0 Å². The van der Waals surface area contributed by atoms with Crippen molar-refractivity contribution in [3.8, 4) is 0 Å². The second-order valence-corrected chi connectivity index (χ2v) is 29.1. The lowest BCUT2D eigenvalue weighted by molar-refractivity contribution is -0.164. The molecule has 5 saturated heterocycles. The van der Waals surface area contributed by atoms with E-state index in [-0.39, 0.29) is 25.2 Å². The van der Waals surface area contributed by atoms with Crippen LogP contribution in [0, 0.1) is 17.8 Å². The molecule has 16 nitrogen and oxygen atoms in total. The van der Waals surface area contributed by atoms with Gasteiger partial charge in [-0.05, 0) is 194 Å². The molecule has 8 heterocycles. The molecule has 6 aromatic rings. The van der Waals surface area contributed by atoms with E-state index in [1.807, 2.05) is 42.9 Å². The Balaban J connectivity index is 0.000000144. The molecule has 3 aliphatic carbocycles. The van der Waals surface area contributed by atoms with Crippen molar-refractivity contribution in [2.45, 2.75) is 76.5 Å². The molecule has 0 saturated carbocycles. The Kier molecular flexibility index (Phi) is 26.6. The topological polar surface area (TPSA) is 134 Å². The molecule has 3 aromatic carbocycles. The van der Waals surface area contributed by atoms with Crippen molar-refractivity contribution in [2.75, 3.05) is 113 Å². The summed E-state index contributed by atoms with van der Waals surface area (Å²) in [6.07, 6.45) is 21.4. The summed E-state index contributed by atoms with van der Waals surface area (Å²) in [5.74, 6) is 2.22. The first-order valence-electron chi connectivity index (χ1n) is 32.5. The van der Waals surface area contributed by atoms with Crippen molar-refractivity contribution >= 4 is 122 Å². The van der Waals surface area contributed by atoms with Gasteiger partial charge >= 0.3 is 0 Å². The van der Waals surface area contributed by atoms with Crippen LogP contribution < -0.4 is 10.6 Å². The number of nitrogens with zero attached hydrogens (tertiary/aromatic N) is 8. The highest BCUT2D eigenvalue weighted by molar-refractivity contribution is 9.15. The first-order chi connectivity index (χ1) is 45.7. The van der Waals surface area contributed by atoms with Gasteiger partial charge in [0.15, 0.2) is 0 Å². The van der Waals surface area contributed by atoms with Crippen LogP contribution in [0.15, 0.2) is 110 Å². The molecular weight excluding hydrogens is 1370 g/mol. The van der Waals surface area contributed by atoms with E-state index >= 15 is 0 Å². The Morgan fingerprint density at radius 1 is 0.436 bits per heavy atom. The number of benzene rings is 3. The first-order valence-corrected chi connectivity index (χ1v) is 36.5. The normalized spacial score (nSPS) is 21.5. The summed E-state index contributed by atoms with van der Waals surface area (Å²) in [5.41, 5.74) is 17.3. The number of rotatable bonds is 14. The van der Waals surface area contributed by atoms with E-state index < -0.39 is 0 Å². The molecule has 0 amide bonds. The number of hydrogen-bond donors (Lipinski definition) is 2. The highest BCUT2D eigenvalue weighted by Crippen LogP contribution is 2.50. The van der Waals surface area contributed by atoms with E-state index in [1.165, 1.54) is 106 Å². The zero-order valence-corrected chi connectivity index (χ0v) is 59.2. The van der Waals surface area contributed by atoms with Gasteiger partial charge in [-0.3, -0.25) is 15.0 Å². The van der Waals surface area contributed by atoms with E-state index in [0.29, 0.717) is 17.8 Å². The number of nitrogens with one attached hydrogen (secondary N) is 2. The molecule has 0 spiro atoms. The molecular formula is C71H86BrCl3N10O6S3. The molecule has 14 rings (SSSR count). The second kappa shape index (κ2) is 35.1. The fraction of sp³-hybridized carbons (Fsp3) is 0.451. The number of aromatic nitrogens is 3. The van der Waals surface area contributed by atoms with Crippen LogP contribution in [0.5, 0.6) is 0 Å². The Morgan fingerprint density at radius 2 is 0.840 bits per heavy atom. The Bertz CT molecular complexity index is 3530.